The highest BCUT2D eigenvalue weighted by Crippen LogP contribution is 2.41. The van der Waals surface area contributed by atoms with Gasteiger partial charge in [-0.1, -0.05) is 24.3 Å². The number of nitrogens with one attached hydrogen (secondary N) is 2. The second kappa shape index (κ2) is 8.67. The number of carbonyl (C=O) groups is 1. The minimum atomic E-state index is -0.226. The van der Waals surface area contributed by atoms with Gasteiger partial charge in [-0.15, -0.1) is 0 Å². The maximum absolute atomic E-state index is 12.7. The molecule has 2 N–H and O–H groups in total. The number of aromatic nitrogens is 1. The zero-order valence-corrected chi connectivity index (χ0v) is 16.4. The average Bonchev–Trinajstić information content (AvgIpc) is 3.16. The van der Waals surface area contributed by atoms with Crippen LogP contribution < -0.4 is 19.5 Å². The molecular weight excluding hydrogens is 360 g/mol. The van der Waals surface area contributed by atoms with E-state index < -0.39 is 0 Å². The molecule has 7 heteroatoms. The van der Waals surface area contributed by atoms with E-state index in [9.17, 15) is 4.79 Å². The minimum Gasteiger partial charge on any atom is -0.496 e. The highest BCUT2D eigenvalue weighted by atomic mass is 16.5. The Hall–Kier alpha value is -3.19. The van der Waals surface area contributed by atoms with Gasteiger partial charge >= 0.3 is 0 Å². The van der Waals surface area contributed by atoms with Crippen molar-refractivity contribution in [3.05, 3.63) is 53.2 Å². The van der Waals surface area contributed by atoms with Gasteiger partial charge in [0, 0.05) is 25.1 Å². The molecule has 3 aromatic rings. The second-order valence-corrected chi connectivity index (χ2v) is 6.22. The van der Waals surface area contributed by atoms with Gasteiger partial charge in [0.05, 0.1) is 33.5 Å². The number of ether oxygens (including phenoxy) is 4. The molecule has 0 fully saturated rings. The molecule has 0 aliphatic carbocycles. The Morgan fingerprint density at radius 3 is 2.39 bits per heavy atom. The van der Waals surface area contributed by atoms with E-state index in [1.807, 2.05) is 24.3 Å². The third-order valence-corrected chi connectivity index (χ3v) is 4.44. The normalized spacial score (nSPS) is 10.7. The predicted octanol–water partition coefficient (Wildman–Crippen LogP) is 3.27. The van der Waals surface area contributed by atoms with Crippen LogP contribution in [0.1, 0.15) is 21.6 Å². The van der Waals surface area contributed by atoms with Crippen molar-refractivity contribution in [3.8, 4) is 17.2 Å². The van der Waals surface area contributed by atoms with Crippen LogP contribution in [0.2, 0.25) is 0 Å². The number of hydrogen-bond donors (Lipinski definition) is 2. The Morgan fingerprint density at radius 1 is 0.964 bits per heavy atom. The summed E-state index contributed by atoms with van der Waals surface area (Å²) in [5.41, 5.74) is 3.11. The predicted molar refractivity (Wildman–Crippen MR) is 106 cm³/mol. The quantitative estimate of drug-likeness (QED) is 0.623. The fraction of sp³-hybridized carbons (Fsp3) is 0.286. The molecule has 1 amide bonds. The number of hydrogen-bond acceptors (Lipinski definition) is 5. The van der Waals surface area contributed by atoms with Gasteiger partial charge in [0.25, 0.3) is 5.91 Å². The summed E-state index contributed by atoms with van der Waals surface area (Å²) in [4.78, 5) is 15.8. The molecule has 0 unspecified atom stereocenters. The Kier molecular flexibility index (Phi) is 6.06. The van der Waals surface area contributed by atoms with Crippen molar-refractivity contribution >= 4 is 16.8 Å². The fourth-order valence-electron chi connectivity index (χ4n) is 3.13. The number of rotatable bonds is 8. The zero-order valence-electron chi connectivity index (χ0n) is 16.4. The van der Waals surface area contributed by atoms with Gasteiger partial charge in [-0.05, 0) is 17.2 Å². The zero-order chi connectivity index (χ0) is 20.1. The van der Waals surface area contributed by atoms with Gasteiger partial charge in [-0.25, -0.2) is 0 Å². The van der Waals surface area contributed by atoms with Gasteiger partial charge in [0.2, 0.25) is 0 Å². The van der Waals surface area contributed by atoms with Gasteiger partial charge in [0.1, 0.15) is 11.4 Å². The van der Waals surface area contributed by atoms with E-state index in [1.165, 1.54) is 0 Å². The fourth-order valence-corrected chi connectivity index (χ4v) is 3.13. The van der Waals surface area contributed by atoms with E-state index in [0.29, 0.717) is 41.6 Å². The number of methoxy groups -OCH3 is 4. The van der Waals surface area contributed by atoms with Gasteiger partial charge in [-0.2, -0.15) is 0 Å². The van der Waals surface area contributed by atoms with E-state index in [0.717, 1.165) is 16.5 Å². The molecule has 28 heavy (non-hydrogen) atoms. The summed E-state index contributed by atoms with van der Waals surface area (Å²) >= 11 is 0. The van der Waals surface area contributed by atoms with Crippen molar-refractivity contribution in [1.29, 1.82) is 0 Å². The van der Waals surface area contributed by atoms with Crippen LogP contribution in [0.15, 0.2) is 36.4 Å². The number of fused-ring (bicyclic) bond motifs is 1. The molecule has 7 nitrogen and oxygen atoms in total. The number of carbonyl (C=O) groups excluding carboxylic acids is 1. The highest BCUT2D eigenvalue weighted by molar-refractivity contribution is 6.02. The first-order chi connectivity index (χ1) is 13.6. The van der Waals surface area contributed by atoms with Crippen LogP contribution >= 0.6 is 0 Å². The Balaban J connectivity index is 1.85. The molecule has 148 valence electrons. The third-order valence-electron chi connectivity index (χ3n) is 4.44. The van der Waals surface area contributed by atoms with Gasteiger partial charge in [0.15, 0.2) is 11.5 Å². The molecule has 0 saturated carbocycles. The van der Waals surface area contributed by atoms with Crippen molar-refractivity contribution in [1.82, 2.24) is 10.3 Å². The Labute approximate surface area is 163 Å². The second-order valence-electron chi connectivity index (χ2n) is 6.22. The summed E-state index contributed by atoms with van der Waals surface area (Å²) in [5, 5.41) is 3.67. The lowest BCUT2D eigenvalue weighted by Crippen LogP contribution is -2.23. The lowest BCUT2D eigenvalue weighted by Gasteiger charge is -2.11. The maximum atomic E-state index is 12.7. The van der Waals surface area contributed by atoms with E-state index in [-0.39, 0.29) is 5.91 Å². The lowest BCUT2D eigenvalue weighted by atomic mass is 10.1. The number of H-pyrrole nitrogens is 1. The van der Waals surface area contributed by atoms with E-state index in [4.69, 9.17) is 18.9 Å². The van der Waals surface area contributed by atoms with Crippen molar-refractivity contribution in [2.45, 2.75) is 13.2 Å². The van der Waals surface area contributed by atoms with Crippen LogP contribution in [0.25, 0.3) is 10.9 Å². The Bertz CT molecular complexity index is 980. The van der Waals surface area contributed by atoms with E-state index in [2.05, 4.69) is 10.3 Å². The molecule has 0 spiro atoms. The smallest absolute Gasteiger partial charge is 0.268 e. The van der Waals surface area contributed by atoms with Crippen molar-refractivity contribution in [2.75, 3.05) is 28.4 Å². The maximum Gasteiger partial charge on any atom is 0.268 e. The van der Waals surface area contributed by atoms with Crippen molar-refractivity contribution in [3.63, 3.8) is 0 Å². The van der Waals surface area contributed by atoms with Crippen molar-refractivity contribution in [2.24, 2.45) is 0 Å². The molecular formula is C21H24N2O5. The SMILES string of the molecule is COCc1cccc(CNC(=O)c2cc3c(OC)cc(OC)c(OC)c3[nH]2)c1. The molecule has 1 heterocycles. The van der Waals surface area contributed by atoms with Crippen LogP contribution in [0.5, 0.6) is 17.2 Å². The number of benzene rings is 2. The van der Waals surface area contributed by atoms with Crippen LogP contribution in [0.3, 0.4) is 0 Å². The summed E-state index contributed by atoms with van der Waals surface area (Å²) in [6, 6.07) is 11.4. The molecule has 0 aliphatic heterocycles. The molecule has 0 aliphatic rings. The van der Waals surface area contributed by atoms with Crippen LogP contribution in [0, 0.1) is 0 Å². The minimum absolute atomic E-state index is 0.226. The van der Waals surface area contributed by atoms with Gasteiger partial charge in [-0.3, -0.25) is 4.79 Å². The standard InChI is InChI=1S/C21H24N2O5/c1-25-12-14-7-5-6-13(8-14)11-22-21(24)16-9-15-17(26-2)10-18(27-3)20(28-4)19(15)23-16/h5-10,23H,11-12H2,1-4H3,(H,22,24). The monoisotopic (exact) mass is 384 g/mol. The number of aromatic amines is 1. The Morgan fingerprint density at radius 2 is 1.71 bits per heavy atom. The van der Waals surface area contributed by atoms with Crippen molar-refractivity contribution < 1.29 is 23.7 Å². The molecule has 2 aromatic carbocycles. The highest BCUT2D eigenvalue weighted by Gasteiger charge is 2.19. The van der Waals surface area contributed by atoms with Crippen LogP contribution in [-0.4, -0.2) is 39.3 Å². The molecule has 0 atom stereocenters. The third kappa shape index (κ3) is 3.89. The molecule has 1 aromatic heterocycles. The molecule has 3 rings (SSSR count). The van der Waals surface area contributed by atoms with Crippen LogP contribution in [0.4, 0.5) is 0 Å². The summed E-state index contributed by atoms with van der Waals surface area (Å²) in [7, 11) is 6.33. The van der Waals surface area contributed by atoms with Gasteiger partial charge < -0.3 is 29.2 Å². The first-order valence-corrected chi connectivity index (χ1v) is 8.77. The summed E-state index contributed by atoms with van der Waals surface area (Å²) in [6.45, 7) is 0.939. The van der Waals surface area contributed by atoms with Crippen LogP contribution in [-0.2, 0) is 17.9 Å². The van der Waals surface area contributed by atoms with E-state index >= 15 is 0 Å². The first kappa shape index (κ1) is 19.6. The molecule has 0 bridgehead atoms. The molecule has 0 saturated heterocycles. The largest absolute Gasteiger partial charge is 0.496 e. The van der Waals surface area contributed by atoms with E-state index in [1.54, 1.807) is 40.6 Å². The topological polar surface area (TPSA) is 81.8 Å². The summed E-state index contributed by atoms with van der Waals surface area (Å²) in [5.74, 6) is 1.41. The lowest BCUT2D eigenvalue weighted by molar-refractivity contribution is 0.0946. The number of amides is 1. The molecule has 0 radical (unpaired) electrons. The average molecular weight is 384 g/mol. The summed E-state index contributed by atoms with van der Waals surface area (Å²) < 4.78 is 21.4. The summed E-state index contributed by atoms with van der Waals surface area (Å²) in [6.07, 6.45) is 0. The first-order valence-electron chi connectivity index (χ1n) is 8.77.